The minimum atomic E-state index is -0.446. The molecule has 94 valence electrons. The summed E-state index contributed by atoms with van der Waals surface area (Å²) < 4.78 is 26.4. The van der Waals surface area contributed by atoms with Crippen molar-refractivity contribution in [3.63, 3.8) is 0 Å². The summed E-state index contributed by atoms with van der Waals surface area (Å²) in [5.41, 5.74) is 2.05. The fourth-order valence-electron chi connectivity index (χ4n) is 1.68. The third-order valence-corrected chi connectivity index (χ3v) is 2.93. The van der Waals surface area contributed by atoms with Crippen LogP contribution in [0.15, 0.2) is 42.5 Å². The molecule has 0 aliphatic heterocycles. The van der Waals surface area contributed by atoms with E-state index in [1.54, 1.807) is 0 Å². The molecule has 2 rings (SSSR count). The van der Waals surface area contributed by atoms with Crippen molar-refractivity contribution >= 4 is 17.3 Å². The predicted molar refractivity (Wildman–Crippen MR) is 69.7 cm³/mol. The lowest BCUT2D eigenvalue weighted by molar-refractivity contribution is 0.587. The molecule has 0 saturated carbocycles. The molecule has 0 amide bonds. The van der Waals surface area contributed by atoms with Crippen molar-refractivity contribution in [2.24, 2.45) is 0 Å². The zero-order valence-corrected chi connectivity index (χ0v) is 10.3. The van der Waals surface area contributed by atoms with Crippen LogP contribution in [0.3, 0.4) is 0 Å². The molecule has 0 bridgehead atoms. The highest BCUT2D eigenvalue weighted by atomic mass is 35.5. The first-order valence-corrected chi connectivity index (χ1v) is 6.06. The number of para-hydroxylation sites is 1. The average Bonchev–Trinajstić information content (AvgIpc) is 2.40. The summed E-state index contributed by atoms with van der Waals surface area (Å²) in [5.74, 6) is -0.500. The number of anilines is 1. The van der Waals surface area contributed by atoms with Gasteiger partial charge in [-0.25, -0.2) is 8.78 Å². The van der Waals surface area contributed by atoms with Crippen LogP contribution in [0.5, 0.6) is 0 Å². The zero-order chi connectivity index (χ0) is 13.0. The van der Waals surface area contributed by atoms with Crippen LogP contribution in [0, 0.1) is 11.6 Å². The summed E-state index contributed by atoms with van der Waals surface area (Å²) in [5, 5.41) is 3.06. The van der Waals surface area contributed by atoms with Gasteiger partial charge in [0.15, 0.2) is 0 Å². The summed E-state index contributed by atoms with van der Waals surface area (Å²) in [6.45, 7) is 0.220. The molecule has 1 N–H and O–H groups in total. The molecular weight excluding hydrogens is 256 g/mol. The van der Waals surface area contributed by atoms with Crippen LogP contribution in [-0.2, 0) is 12.4 Å². The van der Waals surface area contributed by atoms with Crippen LogP contribution >= 0.6 is 11.6 Å². The van der Waals surface area contributed by atoms with Gasteiger partial charge in [0, 0.05) is 23.7 Å². The van der Waals surface area contributed by atoms with E-state index in [4.69, 9.17) is 11.6 Å². The molecule has 0 aliphatic carbocycles. The van der Waals surface area contributed by atoms with E-state index < -0.39 is 11.6 Å². The van der Waals surface area contributed by atoms with Gasteiger partial charge in [-0.15, -0.1) is 11.6 Å². The molecule has 0 fully saturated rings. The van der Waals surface area contributed by atoms with E-state index in [1.165, 1.54) is 6.07 Å². The Morgan fingerprint density at radius 1 is 1.00 bits per heavy atom. The van der Waals surface area contributed by atoms with Crippen LogP contribution in [0.1, 0.15) is 11.1 Å². The van der Waals surface area contributed by atoms with Gasteiger partial charge in [0.05, 0.1) is 0 Å². The molecule has 0 saturated heterocycles. The summed E-state index contributed by atoms with van der Waals surface area (Å²) >= 11 is 5.80. The van der Waals surface area contributed by atoms with Gasteiger partial charge in [-0.1, -0.05) is 18.2 Å². The lowest BCUT2D eigenvalue weighted by atomic mass is 10.1. The Labute approximate surface area is 109 Å². The van der Waals surface area contributed by atoms with Crippen molar-refractivity contribution in [1.82, 2.24) is 0 Å². The largest absolute Gasteiger partial charge is 0.381 e. The van der Waals surface area contributed by atoms with Crippen LogP contribution in [0.25, 0.3) is 0 Å². The van der Waals surface area contributed by atoms with Gasteiger partial charge >= 0.3 is 0 Å². The van der Waals surface area contributed by atoms with E-state index in [9.17, 15) is 8.78 Å². The van der Waals surface area contributed by atoms with Crippen LogP contribution in [-0.4, -0.2) is 0 Å². The second-order valence-corrected chi connectivity index (χ2v) is 4.15. The Kier molecular flexibility index (Phi) is 4.15. The zero-order valence-electron chi connectivity index (χ0n) is 9.59. The molecule has 2 aromatic carbocycles. The van der Waals surface area contributed by atoms with Crippen molar-refractivity contribution < 1.29 is 8.78 Å². The normalized spacial score (nSPS) is 10.4. The first kappa shape index (κ1) is 12.8. The maximum atomic E-state index is 13.4. The third kappa shape index (κ3) is 2.99. The maximum Gasteiger partial charge on any atom is 0.128 e. The SMILES string of the molecule is Fc1ccc(F)c(CNc2ccccc2CCl)c1. The highest BCUT2D eigenvalue weighted by molar-refractivity contribution is 6.17. The maximum absolute atomic E-state index is 13.4. The average molecular weight is 268 g/mol. The molecule has 0 spiro atoms. The summed E-state index contributed by atoms with van der Waals surface area (Å²) in [4.78, 5) is 0. The van der Waals surface area contributed by atoms with Crippen LogP contribution < -0.4 is 5.32 Å². The number of alkyl halides is 1. The first-order chi connectivity index (χ1) is 8.70. The Bertz CT molecular complexity index is 543. The Hall–Kier alpha value is -1.61. The molecule has 0 atom stereocenters. The third-order valence-electron chi connectivity index (χ3n) is 2.64. The Morgan fingerprint density at radius 2 is 1.78 bits per heavy atom. The summed E-state index contributed by atoms with van der Waals surface area (Å²) in [6, 6.07) is 10.9. The van der Waals surface area contributed by atoms with E-state index in [1.807, 2.05) is 24.3 Å². The van der Waals surface area contributed by atoms with E-state index in [-0.39, 0.29) is 6.54 Å². The highest BCUT2D eigenvalue weighted by Crippen LogP contribution is 2.19. The Balaban J connectivity index is 2.14. The van der Waals surface area contributed by atoms with Crippen LogP contribution in [0.2, 0.25) is 0 Å². The molecule has 0 aromatic heterocycles. The predicted octanol–water partition coefficient (Wildman–Crippen LogP) is 4.32. The van der Waals surface area contributed by atoms with Gasteiger partial charge in [0.25, 0.3) is 0 Å². The van der Waals surface area contributed by atoms with Crippen molar-refractivity contribution in [3.8, 4) is 0 Å². The molecule has 0 radical (unpaired) electrons. The minimum Gasteiger partial charge on any atom is -0.381 e. The minimum absolute atomic E-state index is 0.220. The quantitative estimate of drug-likeness (QED) is 0.814. The molecular formula is C14H12ClF2N. The van der Waals surface area contributed by atoms with Gasteiger partial charge in [-0.2, -0.15) is 0 Å². The van der Waals surface area contributed by atoms with Gasteiger partial charge in [-0.3, -0.25) is 0 Å². The number of hydrogen-bond acceptors (Lipinski definition) is 1. The highest BCUT2D eigenvalue weighted by Gasteiger charge is 2.05. The fourth-order valence-corrected chi connectivity index (χ4v) is 1.91. The van der Waals surface area contributed by atoms with Crippen molar-refractivity contribution in [1.29, 1.82) is 0 Å². The van der Waals surface area contributed by atoms with Gasteiger partial charge in [0.1, 0.15) is 11.6 Å². The smallest absolute Gasteiger partial charge is 0.128 e. The molecule has 0 heterocycles. The van der Waals surface area contributed by atoms with Crippen molar-refractivity contribution in [2.75, 3.05) is 5.32 Å². The number of nitrogens with one attached hydrogen (secondary N) is 1. The number of halogens is 3. The molecule has 18 heavy (non-hydrogen) atoms. The Morgan fingerprint density at radius 3 is 2.56 bits per heavy atom. The standard InChI is InChI=1S/C14H12ClF2N/c15-8-10-3-1-2-4-14(10)18-9-11-7-12(16)5-6-13(11)17/h1-7,18H,8-9H2. The second kappa shape index (κ2) is 5.83. The first-order valence-electron chi connectivity index (χ1n) is 5.52. The lowest BCUT2D eigenvalue weighted by Gasteiger charge is -2.10. The van der Waals surface area contributed by atoms with Crippen molar-refractivity contribution in [3.05, 3.63) is 65.2 Å². The monoisotopic (exact) mass is 267 g/mol. The van der Waals surface area contributed by atoms with E-state index in [0.717, 1.165) is 23.4 Å². The van der Waals surface area contributed by atoms with Crippen molar-refractivity contribution in [2.45, 2.75) is 12.4 Å². The van der Waals surface area contributed by atoms with Crippen LogP contribution in [0.4, 0.5) is 14.5 Å². The molecule has 4 heteroatoms. The van der Waals surface area contributed by atoms with Gasteiger partial charge in [-0.05, 0) is 29.8 Å². The van der Waals surface area contributed by atoms with E-state index >= 15 is 0 Å². The summed E-state index contributed by atoms with van der Waals surface area (Å²) in [6.07, 6.45) is 0. The van der Waals surface area contributed by atoms with Gasteiger partial charge in [0.2, 0.25) is 0 Å². The lowest BCUT2D eigenvalue weighted by Crippen LogP contribution is -2.04. The fraction of sp³-hybridized carbons (Fsp3) is 0.143. The summed E-state index contributed by atoms with van der Waals surface area (Å²) in [7, 11) is 0. The van der Waals surface area contributed by atoms with E-state index in [2.05, 4.69) is 5.32 Å². The topological polar surface area (TPSA) is 12.0 Å². The molecule has 1 nitrogen and oxygen atoms in total. The van der Waals surface area contributed by atoms with E-state index in [0.29, 0.717) is 11.4 Å². The van der Waals surface area contributed by atoms with Gasteiger partial charge < -0.3 is 5.32 Å². The molecule has 2 aromatic rings. The number of rotatable bonds is 4. The molecule has 0 aliphatic rings. The molecule has 0 unspecified atom stereocenters. The second-order valence-electron chi connectivity index (χ2n) is 3.88. The number of benzene rings is 2. The number of hydrogen-bond donors (Lipinski definition) is 1.